The maximum absolute atomic E-state index is 11.0. The van der Waals surface area contributed by atoms with Gasteiger partial charge in [0.15, 0.2) is 0 Å². The highest BCUT2D eigenvalue weighted by atomic mass is 19.5. The van der Waals surface area contributed by atoms with E-state index in [9.17, 15) is 211 Å². The average Bonchev–Trinajstić information content (AvgIpc) is 3.11. The molecule has 0 heterocycles. The van der Waals surface area contributed by atoms with Crippen LogP contribution in [0.1, 0.15) is 0 Å². The van der Waals surface area contributed by atoms with Gasteiger partial charge in [-0.25, -0.2) is 0 Å². The minimum absolute atomic E-state index is 4.24. The van der Waals surface area contributed by atoms with Crippen molar-refractivity contribution in [2.24, 2.45) is 0 Å². The Hall–Kier alpha value is -3.68. The van der Waals surface area contributed by atoms with Crippen LogP contribution in [-0.2, 0) is 0 Å². The molecule has 0 rings (SSSR count). The van der Waals surface area contributed by atoms with Gasteiger partial charge in [0.1, 0.15) is 0 Å². The van der Waals surface area contributed by atoms with Crippen molar-refractivity contribution in [3.05, 3.63) is 0 Å². The highest BCUT2D eigenvalue weighted by molar-refractivity contribution is 4.77. The van der Waals surface area contributed by atoms with Crippen molar-refractivity contribution in [2.45, 2.75) is 148 Å². The summed E-state index contributed by atoms with van der Waals surface area (Å²) >= 11 is 0. The van der Waals surface area contributed by atoms with Crippen molar-refractivity contribution in [3.8, 4) is 0 Å². The van der Waals surface area contributed by atoms with Gasteiger partial charge in [0.2, 0.25) is 48.8 Å². The Morgan fingerprint density at radius 1 is 0.100 bits per heavy atom. The summed E-state index contributed by atoms with van der Waals surface area (Å²) in [5, 5.41) is 59.8. The van der Waals surface area contributed by atoms with Gasteiger partial charge >= 0.3 is 98.8 Å². The molecule has 56 heteroatoms. The molecule has 0 aromatic heterocycles. The van der Waals surface area contributed by atoms with Crippen LogP contribution in [0.3, 0.4) is 0 Å². The molecule has 0 saturated heterocycles. The van der Waals surface area contributed by atoms with Crippen LogP contribution in [0.5, 0.6) is 0 Å². The summed E-state index contributed by atoms with van der Waals surface area (Å²) in [6.45, 7) is 0. The molecule has 0 aromatic carbocycles. The topological polar surface area (TPSA) is 162 Å². The molecule has 0 aliphatic heterocycles. The summed E-state index contributed by atoms with van der Waals surface area (Å²) in [6, 6.07) is 0. The maximum atomic E-state index is 11.0. The summed E-state index contributed by atoms with van der Waals surface area (Å²) < 4.78 is 527. The fourth-order valence-corrected chi connectivity index (χ4v) is 1.48. The first-order valence-electron chi connectivity index (χ1n) is 15.8. The number of rotatable bonds is 0. The number of alkyl halides is 48. The van der Waals surface area contributed by atoms with E-state index in [1.165, 1.54) is 0 Å². The van der Waals surface area contributed by atoms with Crippen molar-refractivity contribution in [1.82, 2.24) is 0 Å². The van der Waals surface area contributed by atoms with Crippen LogP contribution in [0.15, 0.2) is 0 Å². The summed E-state index contributed by atoms with van der Waals surface area (Å²) in [6.07, 6.45) is -124. The maximum Gasteiger partial charge on any atom is 0.423 e. The van der Waals surface area contributed by atoms with Crippen molar-refractivity contribution in [1.29, 1.82) is 0 Å². The quantitative estimate of drug-likeness (QED) is 0.111. The normalized spacial score (nSPS) is 14.4. The van der Waals surface area contributed by atoms with Gasteiger partial charge in [-0.3, -0.25) is 0 Å². The predicted octanol–water partition coefficient (Wildman–Crippen LogP) is 11.8. The monoisotopic (exact) mass is 1340 g/mol. The van der Waals surface area contributed by atoms with E-state index < -0.39 is 148 Å². The van der Waals surface area contributed by atoms with E-state index in [0.717, 1.165) is 0 Å². The molecule has 0 amide bonds. The van der Waals surface area contributed by atoms with Gasteiger partial charge in [-0.05, 0) is 0 Å². The van der Waals surface area contributed by atoms with Crippen LogP contribution in [-0.4, -0.2) is 189 Å². The zero-order valence-corrected chi connectivity index (χ0v) is 34.3. The Balaban J connectivity index is -0.000000123. The molecule has 80 heavy (non-hydrogen) atoms. The van der Waals surface area contributed by atoms with E-state index in [0.29, 0.717) is 0 Å². The second-order valence-corrected chi connectivity index (χ2v) is 11.9. The lowest BCUT2D eigenvalue weighted by Crippen LogP contribution is -2.41. The number of hydrogen-bond donors (Lipinski definition) is 8. The van der Waals surface area contributed by atoms with Crippen molar-refractivity contribution in [2.75, 3.05) is 0 Å². The molecule has 8 nitrogen and oxygen atoms in total. The molecule has 0 radical (unpaired) electrons. The molecule has 0 bridgehead atoms. The zero-order valence-electron chi connectivity index (χ0n) is 34.3. The first-order valence-corrected chi connectivity index (χ1v) is 15.8. The molecule has 0 unspecified atom stereocenters. The molecule has 0 fully saturated rings. The Labute approximate surface area is 400 Å². The smallest absolute Gasteiger partial charge is 0.377 e. The van der Waals surface area contributed by atoms with Crippen molar-refractivity contribution >= 4 is 0 Å². The van der Waals surface area contributed by atoms with Gasteiger partial charge in [-0.15, -0.1) is 0 Å². The fraction of sp³-hybridized carbons (Fsp3) is 1.00. The van der Waals surface area contributed by atoms with E-state index in [-0.39, 0.29) is 0 Å². The lowest BCUT2D eigenvalue weighted by Gasteiger charge is -2.16. The third-order valence-electron chi connectivity index (χ3n) is 4.96. The minimum Gasteiger partial charge on any atom is -0.377 e. The molecular weight excluding hydrogens is 1330 g/mol. The van der Waals surface area contributed by atoms with Crippen LogP contribution in [0.2, 0.25) is 0 Å². The molecule has 0 atom stereocenters. The van der Waals surface area contributed by atoms with Crippen LogP contribution >= 0.6 is 0 Å². The molecule has 0 aliphatic carbocycles. The molecule has 0 aromatic rings. The number of aliphatic hydroxyl groups excluding tert-OH is 8. The van der Waals surface area contributed by atoms with Crippen molar-refractivity contribution in [3.63, 3.8) is 0 Å². The van der Waals surface area contributed by atoms with E-state index in [1.54, 1.807) is 0 Å². The van der Waals surface area contributed by atoms with Gasteiger partial charge < -0.3 is 40.9 Å². The first-order chi connectivity index (χ1) is 33.2. The SMILES string of the molecule is OC(C(F)(F)F)C(F)(F)F.OC(C(F)(F)F)C(F)(F)F.OC(C(F)(F)F)C(F)(F)F.OC(C(F)(F)F)C(F)(F)F.OC(C(F)(F)F)C(F)(F)F.OC(C(F)(F)F)C(F)(F)F.OC(C(F)(F)F)C(F)(F)F.OC(C(F)(F)F)C(F)(F)F. The van der Waals surface area contributed by atoms with Gasteiger partial charge in [0, 0.05) is 0 Å². The molecule has 0 saturated carbocycles. The average molecular weight is 1340 g/mol. The Morgan fingerprint density at radius 3 is 0.125 bits per heavy atom. The van der Waals surface area contributed by atoms with Gasteiger partial charge in [-0.2, -0.15) is 211 Å². The molecule has 496 valence electrons. The number of aliphatic hydroxyl groups is 8. The van der Waals surface area contributed by atoms with E-state index in [4.69, 9.17) is 40.9 Å². The molecule has 0 aliphatic rings. The van der Waals surface area contributed by atoms with Crippen LogP contribution in [0.25, 0.3) is 0 Å². The Kier molecular flexibility index (Phi) is 35.7. The highest BCUT2D eigenvalue weighted by Gasteiger charge is 2.61. The van der Waals surface area contributed by atoms with Gasteiger partial charge in [0.05, 0.1) is 0 Å². The fourth-order valence-electron chi connectivity index (χ4n) is 1.48. The van der Waals surface area contributed by atoms with E-state index in [1.807, 2.05) is 0 Å². The summed E-state index contributed by atoms with van der Waals surface area (Å²) in [4.78, 5) is 0. The summed E-state index contributed by atoms with van der Waals surface area (Å²) in [5.41, 5.74) is 0. The number of halogens is 48. The molecular formula is C24H16F48O8. The largest absolute Gasteiger partial charge is 0.423 e. The van der Waals surface area contributed by atoms with Crippen LogP contribution < -0.4 is 0 Å². The van der Waals surface area contributed by atoms with Gasteiger partial charge in [-0.1, -0.05) is 0 Å². The van der Waals surface area contributed by atoms with Gasteiger partial charge in [0.25, 0.3) is 0 Å². The Bertz CT molecular complexity index is 1140. The number of hydrogen-bond acceptors (Lipinski definition) is 8. The summed E-state index contributed by atoms with van der Waals surface area (Å²) in [7, 11) is 0. The second kappa shape index (κ2) is 30.7. The third-order valence-corrected chi connectivity index (χ3v) is 4.96. The van der Waals surface area contributed by atoms with E-state index >= 15 is 0 Å². The molecule has 0 spiro atoms. The minimum atomic E-state index is -5.63. The van der Waals surface area contributed by atoms with Crippen LogP contribution in [0.4, 0.5) is 211 Å². The first kappa shape index (κ1) is 92.8. The lowest BCUT2D eigenvalue weighted by atomic mass is 10.3. The predicted molar refractivity (Wildman–Crippen MR) is 145 cm³/mol. The highest BCUT2D eigenvalue weighted by Crippen LogP contribution is 2.38. The lowest BCUT2D eigenvalue weighted by molar-refractivity contribution is -0.309. The Morgan fingerprint density at radius 2 is 0.125 bits per heavy atom. The summed E-state index contributed by atoms with van der Waals surface area (Å²) in [5.74, 6) is 0. The third kappa shape index (κ3) is 46.9. The van der Waals surface area contributed by atoms with Crippen molar-refractivity contribution < 1.29 is 252 Å². The van der Waals surface area contributed by atoms with E-state index in [2.05, 4.69) is 0 Å². The zero-order chi connectivity index (χ0) is 68.6. The molecule has 8 N–H and O–H groups in total. The standard InChI is InChI=1S/8C3H2F6O/c8*4-2(5,6)1(10)3(7,8)9/h8*1,10H. The second-order valence-electron chi connectivity index (χ2n) is 11.9. The van der Waals surface area contributed by atoms with Crippen LogP contribution in [0, 0.1) is 0 Å².